The van der Waals surface area contributed by atoms with Crippen molar-refractivity contribution < 1.29 is 0 Å². The summed E-state index contributed by atoms with van der Waals surface area (Å²) in [6.45, 7) is 5.97. The first-order chi connectivity index (χ1) is 5.74. The lowest BCUT2D eigenvalue weighted by molar-refractivity contribution is 0.262. The maximum Gasteiger partial charge on any atom is 0.00639 e. The van der Waals surface area contributed by atoms with Crippen LogP contribution in [0.4, 0.5) is 0 Å². The third-order valence-corrected chi connectivity index (χ3v) is 3.33. The lowest BCUT2D eigenvalue weighted by atomic mass is 9.95. The Morgan fingerprint density at radius 1 is 1.25 bits per heavy atom. The van der Waals surface area contributed by atoms with Crippen LogP contribution in [0.1, 0.15) is 46.0 Å². The molecule has 0 aromatic rings. The summed E-state index contributed by atoms with van der Waals surface area (Å²) in [5, 5.41) is 0. The summed E-state index contributed by atoms with van der Waals surface area (Å²) in [4.78, 5) is 2.51. The monoisotopic (exact) mass is 169 g/mol. The Hall–Kier alpha value is -0.0400. The third kappa shape index (κ3) is 2.78. The number of nitrogens with zero attached hydrogens (tertiary/aromatic N) is 1. The van der Waals surface area contributed by atoms with E-state index in [1.807, 2.05) is 0 Å². The van der Waals surface area contributed by atoms with E-state index in [9.17, 15) is 0 Å². The summed E-state index contributed by atoms with van der Waals surface area (Å²) in [6, 6.07) is 0.812. The highest BCUT2D eigenvalue weighted by Gasteiger charge is 2.18. The Bertz CT molecular complexity index is 110. The minimum absolute atomic E-state index is 0.812. The van der Waals surface area contributed by atoms with Gasteiger partial charge in [-0.15, -0.1) is 0 Å². The van der Waals surface area contributed by atoms with Crippen molar-refractivity contribution in [3.8, 4) is 0 Å². The van der Waals surface area contributed by atoms with Crippen molar-refractivity contribution in [3.63, 3.8) is 0 Å². The molecule has 1 fully saturated rings. The Kier molecular flexibility index (Phi) is 4.07. The van der Waals surface area contributed by atoms with Crippen molar-refractivity contribution in [1.29, 1.82) is 0 Å². The van der Waals surface area contributed by atoms with E-state index < -0.39 is 0 Å². The van der Waals surface area contributed by atoms with Crippen LogP contribution in [0, 0.1) is 5.92 Å². The van der Waals surface area contributed by atoms with E-state index >= 15 is 0 Å². The van der Waals surface area contributed by atoms with Crippen molar-refractivity contribution in [2.45, 2.75) is 52.0 Å². The van der Waals surface area contributed by atoms with Gasteiger partial charge in [-0.2, -0.15) is 0 Å². The van der Waals surface area contributed by atoms with Crippen molar-refractivity contribution >= 4 is 0 Å². The van der Waals surface area contributed by atoms with E-state index in [0.29, 0.717) is 0 Å². The van der Waals surface area contributed by atoms with E-state index in [4.69, 9.17) is 0 Å². The van der Waals surface area contributed by atoms with E-state index in [1.165, 1.54) is 38.6 Å². The van der Waals surface area contributed by atoms with Gasteiger partial charge in [0.05, 0.1) is 0 Å². The molecule has 1 aliphatic rings. The van der Waals surface area contributed by atoms with Gasteiger partial charge in [0, 0.05) is 6.04 Å². The Balaban J connectivity index is 2.33. The smallest absolute Gasteiger partial charge is 0.00639 e. The molecule has 0 N–H and O–H groups in total. The number of likely N-dealkylation sites (tertiary alicyclic amines) is 1. The molecule has 0 bridgehead atoms. The molecule has 0 aliphatic carbocycles. The highest BCUT2D eigenvalue weighted by atomic mass is 15.1. The fourth-order valence-corrected chi connectivity index (χ4v) is 2.15. The molecule has 0 saturated carbocycles. The van der Waals surface area contributed by atoms with Gasteiger partial charge in [-0.1, -0.05) is 19.8 Å². The Labute approximate surface area is 77.1 Å². The molecule has 0 aromatic heterocycles. The van der Waals surface area contributed by atoms with Crippen LogP contribution in [0.2, 0.25) is 0 Å². The molecular formula is C11H23N. The van der Waals surface area contributed by atoms with Gasteiger partial charge in [0.2, 0.25) is 0 Å². The van der Waals surface area contributed by atoms with Crippen molar-refractivity contribution in [1.82, 2.24) is 4.90 Å². The van der Waals surface area contributed by atoms with Crippen LogP contribution < -0.4 is 0 Å². The first-order valence-corrected chi connectivity index (χ1v) is 5.44. The Morgan fingerprint density at radius 2 is 2.00 bits per heavy atom. The standard InChI is InChI=1S/C11H23N/c1-4-5-11-7-6-10(2)12(3)9-8-11/h10-11H,4-9H2,1-3H3/t10-,11+/m1/s1. The Morgan fingerprint density at radius 3 is 2.67 bits per heavy atom. The maximum atomic E-state index is 2.51. The second kappa shape index (κ2) is 4.86. The van der Waals surface area contributed by atoms with Gasteiger partial charge in [-0.25, -0.2) is 0 Å². The van der Waals surface area contributed by atoms with E-state index in [2.05, 4.69) is 25.8 Å². The number of rotatable bonds is 2. The third-order valence-electron chi connectivity index (χ3n) is 3.33. The SMILES string of the molecule is CCC[C@H]1CC[C@@H](C)N(C)CC1. The highest BCUT2D eigenvalue weighted by molar-refractivity contribution is 4.73. The fraction of sp³-hybridized carbons (Fsp3) is 1.00. The summed E-state index contributed by atoms with van der Waals surface area (Å²) in [5.74, 6) is 1.02. The van der Waals surface area contributed by atoms with E-state index in [0.717, 1.165) is 12.0 Å². The van der Waals surface area contributed by atoms with Crippen molar-refractivity contribution in [2.75, 3.05) is 13.6 Å². The van der Waals surface area contributed by atoms with Gasteiger partial charge >= 0.3 is 0 Å². The van der Waals surface area contributed by atoms with Gasteiger partial charge in [0.15, 0.2) is 0 Å². The summed E-state index contributed by atoms with van der Waals surface area (Å²) >= 11 is 0. The average Bonchev–Trinajstić information content (AvgIpc) is 2.20. The maximum absolute atomic E-state index is 2.51. The first-order valence-electron chi connectivity index (χ1n) is 5.44. The van der Waals surface area contributed by atoms with Crippen LogP contribution in [-0.4, -0.2) is 24.5 Å². The van der Waals surface area contributed by atoms with Crippen molar-refractivity contribution in [2.24, 2.45) is 5.92 Å². The lowest BCUT2D eigenvalue weighted by Gasteiger charge is -2.20. The predicted molar refractivity (Wildman–Crippen MR) is 54.3 cm³/mol. The van der Waals surface area contributed by atoms with Crippen LogP contribution in [0.3, 0.4) is 0 Å². The van der Waals surface area contributed by atoms with E-state index in [-0.39, 0.29) is 0 Å². The molecular weight excluding hydrogens is 146 g/mol. The zero-order valence-electron chi connectivity index (χ0n) is 8.84. The zero-order valence-corrected chi connectivity index (χ0v) is 8.84. The molecule has 0 amide bonds. The van der Waals surface area contributed by atoms with Gasteiger partial charge in [0.1, 0.15) is 0 Å². The molecule has 0 unspecified atom stereocenters. The predicted octanol–water partition coefficient (Wildman–Crippen LogP) is 2.91. The summed E-state index contributed by atoms with van der Waals surface area (Å²) < 4.78 is 0. The number of hydrogen-bond donors (Lipinski definition) is 0. The minimum Gasteiger partial charge on any atom is -0.304 e. The van der Waals surface area contributed by atoms with Crippen LogP contribution in [0.15, 0.2) is 0 Å². The van der Waals surface area contributed by atoms with Gasteiger partial charge in [-0.3, -0.25) is 0 Å². The molecule has 1 rings (SSSR count). The first kappa shape index (κ1) is 10.0. The van der Waals surface area contributed by atoms with Crippen LogP contribution in [0.5, 0.6) is 0 Å². The van der Waals surface area contributed by atoms with Crippen molar-refractivity contribution in [3.05, 3.63) is 0 Å². The van der Waals surface area contributed by atoms with Crippen LogP contribution in [0.25, 0.3) is 0 Å². The second-order valence-corrected chi connectivity index (χ2v) is 4.35. The van der Waals surface area contributed by atoms with Gasteiger partial charge < -0.3 is 4.90 Å². The van der Waals surface area contributed by atoms with Crippen LogP contribution >= 0.6 is 0 Å². The summed E-state index contributed by atoms with van der Waals surface area (Å²) in [6.07, 6.45) is 7.10. The normalized spacial score (nSPS) is 33.2. The zero-order chi connectivity index (χ0) is 8.97. The lowest BCUT2D eigenvalue weighted by Crippen LogP contribution is -2.27. The summed E-state index contributed by atoms with van der Waals surface area (Å²) in [7, 11) is 2.26. The van der Waals surface area contributed by atoms with Crippen LogP contribution in [-0.2, 0) is 0 Å². The summed E-state index contributed by atoms with van der Waals surface area (Å²) in [5.41, 5.74) is 0. The van der Waals surface area contributed by atoms with Gasteiger partial charge in [-0.05, 0) is 45.7 Å². The molecule has 1 heteroatoms. The molecule has 12 heavy (non-hydrogen) atoms. The number of hydrogen-bond acceptors (Lipinski definition) is 1. The second-order valence-electron chi connectivity index (χ2n) is 4.35. The molecule has 2 atom stereocenters. The average molecular weight is 169 g/mol. The van der Waals surface area contributed by atoms with E-state index in [1.54, 1.807) is 0 Å². The molecule has 1 nitrogen and oxygen atoms in total. The molecule has 0 radical (unpaired) electrons. The molecule has 1 heterocycles. The highest BCUT2D eigenvalue weighted by Crippen LogP contribution is 2.24. The molecule has 1 aliphatic heterocycles. The topological polar surface area (TPSA) is 3.24 Å². The molecule has 1 saturated heterocycles. The molecule has 72 valence electrons. The quantitative estimate of drug-likeness (QED) is 0.614. The largest absolute Gasteiger partial charge is 0.304 e. The fourth-order valence-electron chi connectivity index (χ4n) is 2.15. The van der Waals surface area contributed by atoms with Gasteiger partial charge in [0.25, 0.3) is 0 Å². The molecule has 0 spiro atoms. The molecule has 0 aromatic carbocycles. The minimum atomic E-state index is 0.812.